The summed E-state index contributed by atoms with van der Waals surface area (Å²) in [5.74, 6) is -1.82. The van der Waals surface area contributed by atoms with Crippen molar-refractivity contribution in [1.82, 2.24) is 4.98 Å². The van der Waals surface area contributed by atoms with Gasteiger partial charge < -0.3 is 18.5 Å². The third-order valence-electron chi connectivity index (χ3n) is 3.98. The molecule has 0 aliphatic carbocycles. The van der Waals surface area contributed by atoms with Crippen LogP contribution in [0.1, 0.15) is 25.4 Å². The van der Waals surface area contributed by atoms with Gasteiger partial charge in [0.2, 0.25) is 5.85 Å². The standard InChI is InChI=1S/C19H20Cl2NO6P/c1-19(2)11-26-29(24,27-12-19)18(15-5-3-4-8-22-15)28-17(23)10-25-16-7-6-13(20)9-14(16)21/h3-9,18H,10-12H2,1-2H3. The summed E-state index contributed by atoms with van der Waals surface area (Å²) in [5.41, 5.74) is -0.0467. The van der Waals surface area contributed by atoms with E-state index in [2.05, 4.69) is 4.98 Å². The number of hydrogen-bond acceptors (Lipinski definition) is 7. The zero-order valence-electron chi connectivity index (χ0n) is 15.8. The average molecular weight is 460 g/mol. The largest absolute Gasteiger partial charge is 0.480 e. The molecule has 0 N–H and O–H groups in total. The highest BCUT2D eigenvalue weighted by Crippen LogP contribution is 2.64. The molecule has 0 saturated carbocycles. The van der Waals surface area contributed by atoms with Crippen molar-refractivity contribution in [1.29, 1.82) is 0 Å². The van der Waals surface area contributed by atoms with E-state index in [1.807, 2.05) is 13.8 Å². The van der Waals surface area contributed by atoms with Gasteiger partial charge in [-0.05, 0) is 30.3 Å². The van der Waals surface area contributed by atoms with Crippen molar-refractivity contribution >= 4 is 36.8 Å². The number of halogens is 2. The molecule has 2 heterocycles. The second-order valence-corrected chi connectivity index (χ2v) is 10.1. The molecule has 1 aromatic heterocycles. The number of hydrogen-bond donors (Lipinski definition) is 0. The van der Waals surface area contributed by atoms with Crippen LogP contribution in [0.4, 0.5) is 0 Å². The number of carbonyl (C=O) groups excluding carboxylic acids is 1. The van der Waals surface area contributed by atoms with Crippen molar-refractivity contribution in [3.63, 3.8) is 0 Å². The Kier molecular flexibility index (Phi) is 6.87. The van der Waals surface area contributed by atoms with Crippen molar-refractivity contribution in [2.45, 2.75) is 19.7 Å². The van der Waals surface area contributed by atoms with Crippen LogP contribution >= 0.6 is 30.8 Å². The summed E-state index contributed by atoms with van der Waals surface area (Å²) in [4.78, 5) is 16.6. The normalized spacial score (nSPS) is 18.6. The molecule has 1 fully saturated rings. The molecule has 1 unspecified atom stereocenters. The quantitative estimate of drug-likeness (QED) is 0.429. The summed E-state index contributed by atoms with van der Waals surface area (Å²) in [6, 6.07) is 9.56. The lowest BCUT2D eigenvalue weighted by atomic mass is 9.97. The van der Waals surface area contributed by atoms with E-state index >= 15 is 0 Å². The number of ether oxygens (including phenoxy) is 2. The highest BCUT2D eigenvalue weighted by atomic mass is 35.5. The monoisotopic (exact) mass is 459 g/mol. The SMILES string of the molecule is CC1(C)COP(=O)(C(OC(=O)COc2ccc(Cl)cc2Cl)c2ccccn2)OC1. The second kappa shape index (κ2) is 9.02. The Labute approximate surface area is 178 Å². The molecule has 29 heavy (non-hydrogen) atoms. The van der Waals surface area contributed by atoms with Gasteiger partial charge in [0.15, 0.2) is 6.61 Å². The van der Waals surface area contributed by atoms with Crippen LogP contribution in [0.15, 0.2) is 42.6 Å². The Hall–Kier alpha value is -1.63. The summed E-state index contributed by atoms with van der Waals surface area (Å²) < 4.78 is 35.2. The molecule has 2 aromatic rings. The first-order valence-corrected chi connectivity index (χ1v) is 11.1. The molecule has 0 bridgehead atoms. The highest BCUT2D eigenvalue weighted by molar-refractivity contribution is 7.54. The minimum atomic E-state index is -3.80. The lowest BCUT2D eigenvalue weighted by Gasteiger charge is -2.36. The molecule has 7 nitrogen and oxygen atoms in total. The third-order valence-corrected chi connectivity index (χ3v) is 6.43. The Bertz CT molecular complexity index is 910. The molecule has 156 valence electrons. The van der Waals surface area contributed by atoms with Crippen molar-refractivity contribution in [3.05, 3.63) is 58.3 Å². The van der Waals surface area contributed by atoms with Gasteiger partial charge in [-0.2, -0.15) is 0 Å². The average Bonchev–Trinajstić information content (AvgIpc) is 2.69. The van der Waals surface area contributed by atoms with Crippen LogP contribution in [-0.2, 0) is 23.1 Å². The Morgan fingerprint density at radius 2 is 1.97 bits per heavy atom. The van der Waals surface area contributed by atoms with Crippen LogP contribution in [0.2, 0.25) is 10.0 Å². The van der Waals surface area contributed by atoms with Gasteiger partial charge in [-0.1, -0.05) is 43.1 Å². The van der Waals surface area contributed by atoms with E-state index in [0.717, 1.165) is 0 Å². The topological polar surface area (TPSA) is 84.0 Å². The zero-order chi connectivity index (χ0) is 21.1. The molecule has 1 atom stereocenters. The van der Waals surface area contributed by atoms with E-state index in [4.69, 9.17) is 41.7 Å². The van der Waals surface area contributed by atoms with E-state index in [-0.39, 0.29) is 35.1 Å². The maximum atomic E-state index is 13.3. The fourth-order valence-corrected chi connectivity index (χ4v) is 5.03. The maximum Gasteiger partial charge on any atom is 0.377 e. The van der Waals surface area contributed by atoms with Crippen molar-refractivity contribution in [3.8, 4) is 5.75 Å². The zero-order valence-corrected chi connectivity index (χ0v) is 18.2. The first kappa shape index (κ1) is 22.1. The maximum absolute atomic E-state index is 13.3. The highest BCUT2D eigenvalue weighted by Gasteiger charge is 2.46. The van der Waals surface area contributed by atoms with Crippen LogP contribution in [0.25, 0.3) is 0 Å². The number of benzene rings is 1. The summed E-state index contributed by atoms with van der Waals surface area (Å²) in [5, 5.41) is 0.688. The van der Waals surface area contributed by atoms with Gasteiger partial charge in [0.05, 0.1) is 23.9 Å². The first-order valence-electron chi connectivity index (χ1n) is 8.76. The molecule has 1 aliphatic rings. The minimum Gasteiger partial charge on any atom is -0.480 e. The molecule has 0 spiro atoms. The molecule has 0 radical (unpaired) electrons. The van der Waals surface area contributed by atoms with E-state index in [9.17, 15) is 9.36 Å². The van der Waals surface area contributed by atoms with Gasteiger partial charge in [0, 0.05) is 16.6 Å². The molecular formula is C19H20Cl2NO6P. The Balaban J connectivity index is 1.73. The van der Waals surface area contributed by atoms with Crippen molar-refractivity contribution < 1.29 is 27.9 Å². The van der Waals surface area contributed by atoms with Crippen LogP contribution in [-0.4, -0.2) is 30.8 Å². The summed E-state index contributed by atoms with van der Waals surface area (Å²) in [6.45, 7) is 3.77. The number of nitrogens with zero attached hydrogens (tertiary/aromatic N) is 1. The van der Waals surface area contributed by atoms with Gasteiger partial charge >= 0.3 is 13.6 Å². The summed E-state index contributed by atoms with van der Waals surface area (Å²) in [7, 11) is -3.80. The predicted molar refractivity (Wildman–Crippen MR) is 108 cm³/mol. The molecule has 1 saturated heterocycles. The van der Waals surface area contributed by atoms with E-state index in [1.165, 1.54) is 18.3 Å². The van der Waals surface area contributed by atoms with Crippen molar-refractivity contribution in [2.24, 2.45) is 5.41 Å². The summed E-state index contributed by atoms with van der Waals surface area (Å²) in [6.07, 6.45) is 1.50. The van der Waals surface area contributed by atoms with E-state index < -0.39 is 26.0 Å². The number of aromatic nitrogens is 1. The first-order chi connectivity index (χ1) is 13.7. The van der Waals surface area contributed by atoms with Crippen LogP contribution in [0, 0.1) is 5.41 Å². The molecule has 1 aromatic carbocycles. The van der Waals surface area contributed by atoms with Gasteiger partial charge in [-0.25, -0.2) is 4.79 Å². The lowest BCUT2D eigenvalue weighted by molar-refractivity contribution is -0.149. The van der Waals surface area contributed by atoms with Crippen molar-refractivity contribution in [2.75, 3.05) is 19.8 Å². The number of carbonyl (C=O) groups is 1. The third kappa shape index (κ3) is 5.71. The van der Waals surface area contributed by atoms with Crippen LogP contribution < -0.4 is 4.74 Å². The van der Waals surface area contributed by atoms with Crippen LogP contribution in [0.3, 0.4) is 0 Å². The molecule has 10 heteroatoms. The molecular weight excluding hydrogens is 440 g/mol. The number of esters is 1. The number of rotatable bonds is 6. The smallest absolute Gasteiger partial charge is 0.377 e. The molecule has 0 amide bonds. The fourth-order valence-electron chi connectivity index (χ4n) is 2.44. The summed E-state index contributed by atoms with van der Waals surface area (Å²) >= 11 is 11.9. The van der Waals surface area contributed by atoms with Gasteiger partial charge in [0.25, 0.3) is 0 Å². The van der Waals surface area contributed by atoms with E-state index in [1.54, 1.807) is 24.3 Å². The van der Waals surface area contributed by atoms with Gasteiger partial charge in [-0.3, -0.25) is 9.55 Å². The van der Waals surface area contributed by atoms with Crippen LogP contribution in [0.5, 0.6) is 5.75 Å². The molecule has 1 aliphatic heterocycles. The fraction of sp³-hybridized carbons (Fsp3) is 0.368. The number of pyridine rings is 1. The Morgan fingerprint density at radius 3 is 2.59 bits per heavy atom. The second-order valence-electron chi connectivity index (χ2n) is 7.21. The predicted octanol–water partition coefficient (Wildman–Crippen LogP) is 5.28. The molecule has 3 rings (SSSR count). The Morgan fingerprint density at radius 1 is 1.24 bits per heavy atom. The lowest BCUT2D eigenvalue weighted by Crippen LogP contribution is -2.32. The van der Waals surface area contributed by atoms with E-state index in [0.29, 0.717) is 5.02 Å². The minimum absolute atomic E-state index is 0.196. The van der Waals surface area contributed by atoms with Gasteiger partial charge in [0.1, 0.15) is 5.75 Å². The van der Waals surface area contributed by atoms with Gasteiger partial charge in [-0.15, -0.1) is 0 Å².